The molecule has 1 N–H and O–H groups in total. The van der Waals surface area contributed by atoms with E-state index >= 15 is 0 Å². The SMILES string of the molecule is CCCCCCCCCCOP(=O)(O)CCCCCCCCCC. The van der Waals surface area contributed by atoms with Gasteiger partial charge in [0.1, 0.15) is 0 Å². The molecule has 0 aromatic carbocycles. The van der Waals surface area contributed by atoms with Gasteiger partial charge >= 0.3 is 7.60 Å². The van der Waals surface area contributed by atoms with Crippen LogP contribution >= 0.6 is 7.60 Å². The topological polar surface area (TPSA) is 46.5 Å². The monoisotopic (exact) mass is 362 g/mol. The van der Waals surface area contributed by atoms with Crippen molar-refractivity contribution in [2.24, 2.45) is 0 Å². The molecule has 0 aromatic heterocycles. The zero-order valence-corrected chi connectivity index (χ0v) is 17.3. The summed E-state index contributed by atoms with van der Waals surface area (Å²) in [7, 11) is -3.33. The third-order valence-electron chi connectivity index (χ3n) is 4.59. The molecule has 0 saturated carbocycles. The van der Waals surface area contributed by atoms with E-state index in [0.29, 0.717) is 12.8 Å². The lowest BCUT2D eigenvalue weighted by atomic mass is 10.1. The van der Waals surface area contributed by atoms with Crippen molar-refractivity contribution in [2.45, 2.75) is 117 Å². The highest BCUT2D eigenvalue weighted by molar-refractivity contribution is 7.52. The molecule has 0 aliphatic carbocycles. The number of rotatable bonds is 19. The third-order valence-corrected chi connectivity index (χ3v) is 6.05. The molecule has 0 bridgehead atoms. The first-order chi connectivity index (χ1) is 11.6. The Morgan fingerprint density at radius 2 is 1.00 bits per heavy atom. The second-order valence-corrected chi connectivity index (χ2v) is 9.12. The van der Waals surface area contributed by atoms with Crippen LogP contribution in [-0.2, 0) is 9.09 Å². The van der Waals surface area contributed by atoms with E-state index in [2.05, 4.69) is 13.8 Å². The lowest BCUT2D eigenvalue weighted by Crippen LogP contribution is -1.97. The third kappa shape index (κ3) is 18.5. The quantitative estimate of drug-likeness (QED) is 0.191. The Labute approximate surface area is 151 Å². The van der Waals surface area contributed by atoms with E-state index in [1.807, 2.05) is 0 Å². The minimum absolute atomic E-state index is 0.332. The average Bonchev–Trinajstić information content (AvgIpc) is 2.55. The van der Waals surface area contributed by atoms with E-state index < -0.39 is 7.60 Å². The van der Waals surface area contributed by atoms with E-state index in [1.165, 1.54) is 77.0 Å². The fourth-order valence-corrected chi connectivity index (χ4v) is 4.12. The van der Waals surface area contributed by atoms with Crippen LogP contribution in [-0.4, -0.2) is 17.7 Å². The average molecular weight is 363 g/mol. The Morgan fingerprint density at radius 3 is 1.46 bits per heavy atom. The van der Waals surface area contributed by atoms with Gasteiger partial charge in [-0.3, -0.25) is 4.57 Å². The van der Waals surface area contributed by atoms with Gasteiger partial charge in [-0.25, -0.2) is 0 Å². The van der Waals surface area contributed by atoms with Gasteiger partial charge in [0, 0.05) is 6.16 Å². The van der Waals surface area contributed by atoms with Crippen LogP contribution in [0.1, 0.15) is 117 Å². The molecule has 0 radical (unpaired) electrons. The van der Waals surface area contributed by atoms with Crippen molar-refractivity contribution >= 4 is 7.60 Å². The Hall–Kier alpha value is 0.150. The van der Waals surface area contributed by atoms with Crippen LogP contribution < -0.4 is 0 Å². The van der Waals surface area contributed by atoms with Crippen LogP contribution in [0, 0.1) is 0 Å². The van der Waals surface area contributed by atoms with Gasteiger partial charge < -0.3 is 9.42 Å². The van der Waals surface area contributed by atoms with Crippen LogP contribution in [0.25, 0.3) is 0 Å². The summed E-state index contributed by atoms with van der Waals surface area (Å²) >= 11 is 0. The van der Waals surface area contributed by atoms with Gasteiger partial charge in [0.2, 0.25) is 0 Å². The van der Waals surface area contributed by atoms with Crippen molar-refractivity contribution in [1.29, 1.82) is 0 Å². The Bertz CT molecular complexity index is 295. The summed E-state index contributed by atoms with van der Waals surface area (Å²) in [5.74, 6) is 0. The maximum atomic E-state index is 11.9. The summed E-state index contributed by atoms with van der Waals surface area (Å²) in [5, 5.41) is 0. The molecule has 146 valence electrons. The summed E-state index contributed by atoms with van der Waals surface area (Å²) in [5.41, 5.74) is 0. The molecule has 0 aliphatic heterocycles. The molecule has 0 amide bonds. The lowest BCUT2D eigenvalue weighted by molar-refractivity contribution is 0.251. The second kappa shape index (κ2) is 18.0. The van der Waals surface area contributed by atoms with Crippen molar-refractivity contribution in [2.75, 3.05) is 12.8 Å². The highest BCUT2D eigenvalue weighted by Crippen LogP contribution is 2.43. The Kier molecular flexibility index (Phi) is 18.1. The van der Waals surface area contributed by atoms with Crippen LogP contribution in [0.2, 0.25) is 0 Å². The van der Waals surface area contributed by atoms with Crippen molar-refractivity contribution < 1.29 is 14.0 Å². The maximum Gasteiger partial charge on any atom is 0.328 e. The van der Waals surface area contributed by atoms with Gasteiger partial charge in [-0.15, -0.1) is 0 Å². The lowest BCUT2D eigenvalue weighted by Gasteiger charge is -2.12. The van der Waals surface area contributed by atoms with Crippen LogP contribution in [0.5, 0.6) is 0 Å². The van der Waals surface area contributed by atoms with Crippen LogP contribution in [0.3, 0.4) is 0 Å². The summed E-state index contributed by atoms with van der Waals surface area (Å²) < 4.78 is 17.2. The number of hydrogen-bond donors (Lipinski definition) is 1. The van der Waals surface area contributed by atoms with Crippen LogP contribution in [0.4, 0.5) is 0 Å². The predicted molar refractivity (Wildman–Crippen MR) is 106 cm³/mol. The predicted octanol–water partition coefficient (Wildman–Crippen LogP) is 7.47. The normalized spacial score (nSPS) is 14.0. The summed E-state index contributed by atoms with van der Waals surface area (Å²) in [6.07, 6.45) is 19.7. The first kappa shape index (κ1) is 24.1. The van der Waals surface area contributed by atoms with E-state index in [1.54, 1.807) is 0 Å². The summed E-state index contributed by atoms with van der Waals surface area (Å²) in [6.45, 7) is 4.91. The maximum absolute atomic E-state index is 11.9. The molecule has 1 atom stereocenters. The highest BCUT2D eigenvalue weighted by atomic mass is 31.2. The van der Waals surface area contributed by atoms with Gasteiger partial charge in [-0.2, -0.15) is 0 Å². The zero-order chi connectivity index (χ0) is 17.9. The minimum atomic E-state index is -3.33. The smallest absolute Gasteiger partial charge is 0.324 e. The van der Waals surface area contributed by atoms with Gasteiger partial charge in [0.25, 0.3) is 0 Å². The largest absolute Gasteiger partial charge is 0.328 e. The van der Waals surface area contributed by atoms with Gasteiger partial charge in [-0.05, 0) is 12.8 Å². The number of hydrogen-bond acceptors (Lipinski definition) is 2. The van der Waals surface area contributed by atoms with Crippen molar-refractivity contribution in [3.8, 4) is 0 Å². The minimum Gasteiger partial charge on any atom is -0.324 e. The van der Waals surface area contributed by atoms with Crippen molar-refractivity contribution in [1.82, 2.24) is 0 Å². The Morgan fingerprint density at radius 1 is 0.625 bits per heavy atom. The molecular formula is C20H43O3P. The standard InChI is InChI=1S/C20H43O3P/c1-3-5-7-9-11-13-15-17-19-23-24(21,22)20-18-16-14-12-10-8-6-4-2/h3-20H2,1-2H3,(H,21,22). The molecule has 0 saturated heterocycles. The van der Waals surface area contributed by atoms with Crippen LogP contribution in [0.15, 0.2) is 0 Å². The highest BCUT2D eigenvalue weighted by Gasteiger charge is 2.17. The van der Waals surface area contributed by atoms with E-state index in [0.717, 1.165) is 25.7 Å². The molecule has 0 fully saturated rings. The summed E-state index contributed by atoms with van der Waals surface area (Å²) in [6, 6.07) is 0. The van der Waals surface area contributed by atoms with Gasteiger partial charge in [0.05, 0.1) is 6.61 Å². The summed E-state index contributed by atoms with van der Waals surface area (Å²) in [4.78, 5) is 9.82. The van der Waals surface area contributed by atoms with E-state index in [4.69, 9.17) is 4.52 Å². The molecule has 4 heteroatoms. The molecule has 0 rings (SSSR count). The first-order valence-corrected chi connectivity index (χ1v) is 12.3. The van der Waals surface area contributed by atoms with E-state index in [9.17, 15) is 9.46 Å². The molecule has 0 spiro atoms. The molecule has 0 aromatic rings. The fourth-order valence-electron chi connectivity index (χ4n) is 2.95. The molecule has 0 aliphatic rings. The zero-order valence-electron chi connectivity index (χ0n) is 16.4. The molecule has 24 heavy (non-hydrogen) atoms. The van der Waals surface area contributed by atoms with Gasteiger partial charge in [-0.1, -0.05) is 104 Å². The Balaban J connectivity index is 3.34. The van der Waals surface area contributed by atoms with Gasteiger partial charge in [0.15, 0.2) is 0 Å². The second-order valence-electron chi connectivity index (χ2n) is 7.14. The molecular weight excluding hydrogens is 319 g/mol. The number of unbranched alkanes of at least 4 members (excludes halogenated alkanes) is 14. The van der Waals surface area contributed by atoms with Crippen molar-refractivity contribution in [3.63, 3.8) is 0 Å². The van der Waals surface area contributed by atoms with E-state index in [-0.39, 0.29) is 0 Å². The fraction of sp³-hybridized carbons (Fsp3) is 1.00. The first-order valence-electron chi connectivity index (χ1n) is 10.6. The molecule has 3 nitrogen and oxygen atoms in total. The molecule has 1 unspecified atom stereocenters. The molecule has 0 heterocycles. The van der Waals surface area contributed by atoms with Crippen molar-refractivity contribution in [3.05, 3.63) is 0 Å².